The first-order valence-corrected chi connectivity index (χ1v) is 4.76. The van der Waals surface area contributed by atoms with Gasteiger partial charge in [-0.2, -0.15) is 5.10 Å². The van der Waals surface area contributed by atoms with E-state index in [-0.39, 0.29) is 5.91 Å². The lowest BCUT2D eigenvalue weighted by Crippen LogP contribution is -2.28. The van der Waals surface area contributed by atoms with E-state index < -0.39 is 6.10 Å². The second-order valence-corrected chi connectivity index (χ2v) is 3.47. The van der Waals surface area contributed by atoms with Crippen LogP contribution < -0.4 is 11.1 Å². The number of hydrogen-bond donors (Lipinski definition) is 3. The minimum Gasteiger partial charge on any atom is -0.396 e. The molecule has 4 N–H and O–H groups in total. The zero-order valence-electron chi connectivity index (χ0n) is 8.90. The van der Waals surface area contributed by atoms with Crippen LogP contribution in [0.1, 0.15) is 23.8 Å². The van der Waals surface area contributed by atoms with Crippen LogP contribution in [0.4, 0.5) is 5.69 Å². The van der Waals surface area contributed by atoms with Crippen molar-refractivity contribution in [2.45, 2.75) is 19.4 Å². The maximum Gasteiger partial charge on any atom is 0.271 e. The Kier molecular flexibility index (Phi) is 3.68. The Labute approximate surface area is 88.1 Å². The summed E-state index contributed by atoms with van der Waals surface area (Å²) in [7, 11) is 1.65. The molecule has 0 aliphatic heterocycles. The number of nitrogens with zero attached hydrogens (tertiary/aromatic N) is 2. The van der Waals surface area contributed by atoms with Crippen LogP contribution >= 0.6 is 0 Å². The molecule has 0 bridgehead atoms. The summed E-state index contributed by atoms with van der Waals surface area (Å²) in [5, 5.41) is 15.5. The largest absolute Gasteiger partial charge is 0.396 e. The van der Waals surface area contributed by atoms with Crippen LogP contribution in [-0.2, 0) is 7.05 Å². The molecule has 0 spiro atoms. The average Bonchev–Trinajstić information content (AvgIpc) is 2.45. The smallest absolute Gasteiger partial charge is 0.271 e. The minimum atomic E-state index is -0.422. The Morgan fingerprint density at radius 1 is 1.80 bits per heavy atom. The fourth-order valence-electron chi connectivity index (χ4n) is 1.21. The summed E-state index contributed by atoms with van der Waals surface area (Å²) in [6.45, 7) is 2.09. The van der Waals surface area contributed by atoms with Crippen LogP contribution in [0, 0.1) is 0 Å². The van der Waals surface area contributed by atoms with Gasteiger partial charge in [-0.25, -0.2) is 0 Å². The molecule has 1 amide bonds. The molecule has 0 saturated heterocycles. The number of carbonyl (C=O) groups is 1. The van der Waals surface area contributed by atoms with Gasteiger partial charge in [0.15, 0.2) is 0 Å². The van der Waals surface area contributed by atoms with Gasteiger partial charge in [-0.15, -0.1) is 0 Å². The number of aliphatic hydroxyl groups excluding tert-OH is 1. The van der Waals surface area contributed by atoms with Crippen LogP contribution in [-0.4, -0.2) is 33.4 Å². The number of rotatable bonds is 4. The van der Waals surface area contributed by atoms with E-state index in [0.29, 0.717) is 24.3 Å². The number of aromatic nitrogens is 2. The second-order valence-electron chi connectivity index (χ2n) is 3.47. The molecule has 1 rings (SSSR count). The number of hydrogen-bond acceptors (Lipinski definition) is 4. The number of nitrogen functional groups attached to an aromatic ring is 1. The molecule has 0 fully saturated rings. The summed E-state index contributed by atoms with van der Waals surface area (Å²) in [4.78, 5) is 11.6. The van der Waals surface area contributed by atoms with Crippen molar-refractivity contribution in [2.75, 3.05) is 12.3 Å². The van der Waals surface area contributed by atoms with Gasteiger partial charge in [0.2, 0.25) is 0 Å². The number of aryl methyl sites for hydroxylation is 1. The Morgan fingerprint density at radius 3 is 2.93 bits per heavy atom. The highest BCUT2D eigenvalue weighted by molar-refractivity contribution is 5.97. The predicted octanol–water partition coefficient (Wildman–Crippen LogP) is -0.497. The van der Waals surface area contributed by atoms with Crippen molar-refractivity contribution in [1.29, 1.82) is 0 Å². The van der Waals surface area contributed by atoms with Gasteiger partial charge in [-0.05, 0) is 13.3 Å². The third-order valence-electron chi connectivity index (χ3n) is 2.03. The van der Waals surface area contributed by atoms with E-state index in [2.05, 4.69) is 10.4 Å². The molecule has 84 valence electrons. The first kappa shape index (κ1) is 11.5. The van der Waals surface area contributed by atoms with Crippen LogP contribution in [0.5, 0.6) is 0 Å². The van der Waals surface area contributed by atoms with E-state index in [1.165, 1.54) is 10.9 Å². The van der Waals surface area contributed by atoms with Gasteiger partial charge in [0, 0.05) is 13.6 Å². The van der Waals surface area contributed by atoms with Crippen molar-refractivity contribution in [2.24, 2.45) is 7.05 Å². The van der Waals surface area contributed by atoms with Crippen LogP contribution in [0.2, 0.25) is 0 Å². The van der Waals surface area contributed by atoms with E-state index >= 15 is 0 Å². The van der Waals surface area contributed by atoms with E-state index in [0.717, 1.165) is 0 Å². The van der Waals surface area contributed by atoms with Crippen LogP contribution in [0.25, 0.3) is 0 Å². The van der Waals surface area contributed by atoms with E-state index in [4.69, 9.17) is 10.8 Å². The highest BCUT2D eigenvalue weighted by Gasteiger charge is 2.14. The number of anilines is 1. The number of nitrogens with two attached hydrogens (primary N) is 1. The van der Waals surface area contributed by atoms with Crippen molar-refractivity contribution in [1.82, 2.24) is 15.1 Å². The predicted molar refractivity (Wildman–Crippen MR) is 56.3 cm³/mol. The summed E-state index contributed by atoms with van der Waals surface area (Å²) in [6.07, 6.45) is 1.53. The third kappa shape index (κ3) is 2.95. The Morgan fingerprint density at radius 2 is 2.47 bits per heavy atom. The quantitative estimate of drug-likeness (QED) is 0.627. The molecule has 6 heteroatoms. The molecule has 0 aromatic carbocycles. The normalized spacial score (nSPS) is 12.5. The van der Waals surface area contributed by atoms with Gasteiger partial charge in [-0.1, -0.05) is 0 Å². The van der Waals surface area contributed by atoms with Crippen LogP contribution in [0.15, 0.2) is 6.20 Å². The molecular formula is C9H16N4O2. The standard InChI is InChI=1S/C9H16N4O2/c1-6(14)3-4-11-9(15)8-7(10)5-12-13(8)2/h5-6,14H,3-4,10H2,1-2H3,(H,11,15). The Balaban J connectivity index is 2.54. The highest BCUT2D eigenvalue weighted by Crippen LogP contribution is 2.08. The number of nitrogens with one attached hydrogen (secondary N) is 1. The number of carbonyl (C=O) groups excluding carboxylic acids is 1. The van der Waals surface area contributed by atoms with Gasteiger partial charge in [0.1, 0.15) is 5.69 Å². The molecule has 0 radical (unpaired) electrons. The van der Waals surface area contributed by atoms with E-state index in [1.807, 2.05) is 0 Å². The van der Waals surface area contributed by atoms with Crippen molar-refractivity contribution < 1.29 is 9.90 Å². The first-order valence-electron chi connectivity index (χ1n) is 4.76. The zero-order chi connectivity index (χ0) is 11.4. The summed E-state index contributed by atoms with van der Waals surface area (Å²) in [6, 6.07) is 0. The topological polar surface area (TPSA) is 93.2 Å². The van der Waals surface area contributed by atoms with Gasteiger partial charge < -0.3 is 16.2 Å². The maximum absolute atomic E-state index is 11.6. The summed E-state index contributed by atoms with van der Waals surface area (Å²) in [5.41, 5.74) is 6.28. The number of aliphatic hydroxyl groups is 1. The molecule has 0 saturated carbocycles. The molecule has 1 aromatic rings. The van der Waals surface area contributed by atoms with E-state index in [9.17, 15) is 4.79 Å². The maximum atomic E-state index is 11.6. The molecular weight excluding hydrogens is 196 g/mol. The molecule has 0 aliphatic carbocycles. The van der Waals surface area contributed by atoms with Gasteiger partial charge in [-0.3, -0.25) is 9.48 Å². The van der Waals surface area contributed by atoms with Crippen molar-refractivity contribution >= 4 is 11.6 Å². The second kappa shape index (κ2) is 4.79. The van der Waals surface area contributed by atoms with Gasteiger partial charge >= 0.3 is 0 Å². The summed E-state index contributed by atoms with van der Waals surface area (Å²) >= 11 is 0. The molecule has 1 aromatic heterocycles. The zero-order valence-corrected chi connectivity index (χ0v) is 8.90. The average molecular weight is 212 g/mol. The van der Waals surface area contributed by atoms with Crippen LogP contribution in [0.3, 0.4) is 0 Å². The highest BCUT2D eigenvalue weighted by atomic mass is 16.3. The summed E-state index contributed by atoms with van der Waals surface area (Å²) < 4.78 is 1.42. The van der Waals surface area contributed by atoms with Gasteiger partial charge in [0.25, 0.3) is 5.91 Å². The Bertz CT molecular complexity index is 326. The van der Waals surface area contributed by atoms with Crippen molar-refractivity contribution in [3.8, 4) is 0 Å². The lowest BCUT2D eigenvalue weighted by molar-refractivity contribution is 0.0937. The molecule has 0 aliphatic rings. The Hall–Kier alpha value is -1.56. The molecule has 1 atom stereocenters. The molecule has 1 heterocycles. The summed E-state index contributed by atoms with van der Waals surface area (Å²) in [5.74, 6) is -0.270. The number of amides is 1. The lowest BCUT2D eigenvalue weighted by Gasteiger charge is -2.07. The molecule has 1 unspecified atom stereocenters. The minimum absolute atomic E-state index is 0.270. The monoisotopic (exact) mass is 212 g/mol. The fraction of sp³-hybridized carbons (Fsp3) is 0.556. The molecule has 15 heavy (non-hydrogen) atoms. The third-order valence-corrected chi connectivity index (χ3v) is 2.03. The molecule has 6 nitrogen and oxygen atoms in total. The fourth-order valence-corrected chi connectivity index (χ4v) is 1.21. The van der Waals surface area contributed by atoms with E-state index in [1.54, 1.807) is 14.0 Å². The van der Waals surface area contributed by atoms with Crippen molar-refractivity contribution in [3.05, 3.63) is 11.9 Å². The first-order chi connectivity index (χ1) is 7.02. The van der Waals surface area contributed by atoms with Crippen molar-refractivity contribution in [3.63, 3.8) is 0 Å². The lowest BCUT2D eigenvalue weighted by atomic mass is 10.3. The SMILES string of the molecule is CC(O)CCNC(=O)c1c(N)cnn1C. The van der Waals surface area contributed by atoms with Gasteiger partial charge in [0.05, 0.1) is 18.0 Å².